The number of nitrogens with zero attached hydrogens (tertiary/aromatic N) is 2. The average Bonchev–Trinajstić information content (AvgIpc) is 2.61. The van der Waals surface area contributed by atoms with Gasteiger partial charge in [-0.1, -0.05) is 35.9 Å². The maximum Gasteiger partial charge on any atom is 0.272 e. The van der Waals surface area contributed by atoms with Crippen LogP contribution in [0.25, 0.3) is 11.3 Å². The number of carbonyl (C=O) groups excluding carboxylic acids is 1. The molecule has 0 saturated carbocycles. The molecule has 0 atom stereocenters. The van der Waals surface area contributed by atoms with E-state index in [9.17, 15) is 13.6 Å². The third kappa shape index (κ3) is 3.98. The fourth-order valence-electron chi connectivity index (χ4n) is 3.12. The number of hydrogen-bond acceptors (Lipinski definition) is 2. The van der Waals surface area contributed by atoms with E-state index in [0.29, 0.717) is 42.3 Å². The Bertz CT molecular complexity index is 768. The van der Waals surface area contributed by atoms with Crippen LogP contribution < -0.4 is 0 Å². The first-order chi connectivity index (χ1) is 11.9. The number of aromatic nitrogens is 1. The van der Waals surface area contributed by atoms with E-state index in [1.54, 1.807) is 29.2 Å². The van der Waals surface area contributed by atoms with Crippen molar-refractivity contribution in [1.29, 1.82) is 0 Å². The Labute approximate surface area is 150 Å². The zero-order chi connectivity index (χ0) is 18.0. The zero-order valence-corrected chi connectivity index (χ0v) is 14.6. The summed E-state index contributed by atoms with van der Waals surface area (Å²) in [5.74, 6) is -3.59. The molecule has 132 valence electrons. The van der Waals surface area contributed by atoms with Gasteiger partial charge in [0.25, 0.3) is 5.91 Å². The molecule has 2 aromatic rings. The van der Waals surface area contributed by atoms with E-state index in [0.717, 1.165) is 12.5 Å². The van der Waals surface area contributed by atoms with Crippen molar-refractivity contribution in [3.63, 3.8) is 0 Å². The molecule has 0 aliphatic carbocycles. The Kier molecular flexibility index (Phi) is 5.04. The molecule has 1 aliphatic rings. The molecule has 0 unspecified atom stereocenters. The van der Waals surface area contributed by atoms with Gasteiger partial charge >= 0.3 is 0 Å². The fourth-order valence-corrected chi connectivity index (χ4v) is 3.36. The summed E-state index contributed by atoms with van der Waals surface area (Å²) in [6.45, 7) is 1.60. The summed E-state index contributed by atoms with van der Waals surface area (Å²) >= 11 is 6.19. The van der Waals surface area contributed by atoms with E-state index in [4.69, 9.17) is 11.6 Å². The highest BCUT2D eigenvalue weighted by Crippen LogP contribution is 2.33. The van der Waals surface area contributed by atoms with Crippen molar-refractivity contribution in [2.24, 2.45) is 5.92 Å². The summed E-state index contributed by atoms with van der Waals surface area (Å²) in [5.41, 5.74) is 1.67. The first-order valence-corrected chi connectivity index (χ1v) is 8.63. The molecule has 2 heterocycles. The highest BCUT2D eigenvalue weighted by molar-refractivity contribution is 6.33. The SMILES string of the molecule is CC(F)(F)C1CCN(C(=O)c2cccc(-c3ccccc3Cl)n2)CC1. The lowest BCUT2D eigenvalue weighted by Gasteiger charge is -2.34. The zero-order valence-electron chi connectivity index (χ0n) is 13.9. The monoisotopic (exact) mass is 364 g/mol. The predicted molar refractivity (Wildman–Crippen MR) is 93.9 cm³/mol. The Morgan fingerprint density at radius 2 is 1.84 bits per heavy atom. The minimum absolute atomic E-state index is 0.230. The van der Waals surface area contributed by atoms with Gasteiger partial charge in [-0.3, -0.25) is 4.79 Å². The number of amides is 1. The van der Waals surface area contributed by atoms with Crippen LogP contribution in [0.4, 0.5) is 8.78 Å². The quantitative estimate of drug-likeness (QED) is 0.775. The topological polar surface area (TPSA) is 33.2 Å². The van der Waals surface area contributed by atoms with Crippen LogP contribution in [0.5, 0.6) is 0 Å². The second kappa shape index (κ2) is 7.08. The van der Waals surface area contributed by atoms with Gasteiger partial charge in [-0.15, -0.1) is 0 Å². The maximum atomic E-state index is 13.4. The number of hydrogen-bond donors (Lipinski definition) is 0. The van der Waals surface area contributed by atoms with Gasteiger partial charge in [-0.05, 0) is 38.0 Å². The lowest BCUT2D eigenvalue weighted by molar-refractivity contribution is -0.0595. The van der Waals surface area contributed by atoms with Crippen LogP contribution in [0.1, 0.15) is 30.3 Å². The van der Waals surface area contributed by atoms with Crippen molar-refractivity contribution in [3.8, 4) is 11.3 Å². The van der Waals surface area contributed by atoms with Gasteiger partial charge in [-0.25, -0.2) is 13.8 Å². The van der Waals surface area contributed by atoms with E-state index in [2.05, 4.69) is 4.98 Å². The number of benzene rings is 1. The number of carbonyl (C=O) groups is 1. The van der Waals surface area contributed by atoms with Gasteiger partial charge in [0.1, 0.15) is 5.69 Å². The van der Waals surface area contributed by atoms with Crippen LogP contribution >= 0.6 is 11.6 Å². The average molecular weight is 365 g/mol. The number of likely N-dealkylation sites (tertiary alicyclic amines) is 1. The summed E-state index contributed by atoms with van der Waals surface area (Å²) in [4.78, 5) is 18.7. The highest BCUT2D eigenvalue weighted by Gasteiger charge is 2.37. The standard InChI is InChI=1S/C19H19ClF2N2O/c1-19(21,22)13-9-11-24(12-10-13)18(25)17-8-4-7-16(23-17)14-5-2-3-6-15(14)20/h2-8,13H,9-12H2,1H3. The summed E-state index contributed by atoms with van der Waals surface area (Å²) in [5, 5.41) is 0.561. The van der Waals surface area contributed by atoms with Crippen molar-refractivity contribution in [3.05, 3.63) is 53.2 Å². The van der Waals surface area contributed by atoms with Crippen molar-refractivity contribution < 1.29 is 13.6 Å². The summed E-state index contributed by atoms with van der Waals surface area (Å²) in [6, 6.07) is 12.5. The van der Waals surface area contributed by atoms with Gasteiger partial charge in [0.2, 0.25) is 5.92 Å². The third-order valence-corrected chi connectivity index (χ3v) is 4.95. The number of alkyl halides is 2. The molecule has 1 saturated heterocycles. The second-order valence-corrected chi connectivity index (χ2v) is 6.82. The molecule has 0 spiro atoms. The van der Waals surface area contributed by atoms with E-state index in [-0.39, 0.29) is 5.91 Å². The molecule has 1 aromatic heterocycles. The lowest BCUT2D eigenvalue weighted by atomic mass is 9.91. The Hall–Kier alpha value is -2.01. The van der Waals surface area contributed by atoms with Crippen LogP contribution in [-0.4, -0.2) is 34.8 Å². The summed E-state index contributed by atoms with van der Waals surface area (Å²) < 4.78 is 26.8. The van der Waals surface area contributed by atoms with Crippen LogP contribution in [0.15, 0.2) is 42.5 Å². The van der Waals surface area contributed by atoms with Gasteiger partial charge in [0.05, 0.1) is 5.69 Å². The van der Waals surface area contributed by atoms with E-state index < -0.39 is 11.8 Å². The largest absolute Gasteiger partial charge is 0.337 e. The minimum Gasteiger partial charge on any atom is -0.337 e. The molecule has 0 bridgehead atoms. The summed E-state index contributed by atoms with van der Waals surface area (Å²) in [6.07, 6.45) is 0.610. The number of rotatable bonds is 3. The normalized spacial score (nSPS) is 16.1. The van der Waals surface area contributed by atoms with Crippen LogP contribution in [0, 0.1) is 5.92 Å². The predicted octanol–water partition coefficient (Wildman–Crippen LogP) is 4.91. The van der Waals surface area contributed by atoms with Crippen molar-refractivity contribution in [2.75, 3.05) is 13.1 Å². The van der Waals surface area contributed by atoms with Crippen LogP contribution in [0.2, 0.25) is 5.02 Å². The highest BCUT2D eigenvalue weighted by atomic mass is 35.5. The Balaban J connectivity index is 1.76. The molecule has 0 N–H and O–H groups in total. The van der Waals surface area contributed by atoms with E-state index >= 15 is 0 Å². The van der Waals surface area contributed by atoms with Gasteiger partial charge in [-0.2, -0.15) is 0 Å². The first-order valence-electron chi connectivity index (χ1n) is 8.25. The molecule has 1 fully saturated rings. The second-order valence-electron chi connectivity index (χ2n) is 6.41. The van der Waals surface area contributed by atoms with Crippen molar-refractivity contribution in [1.82, 2.24) is 9.88 Å². The van der Waals surface area contributed by atoms with Gasteiger partial charge < -0.3 is 4.90 Å². The number of piperidine rings is 1. The van der Waals surface area contributed by atoms with E-state index in [1.165, 1.54) is 0 Å². The molecular formula is C19H19ClF2N2O. The van der Waals surface area contributed by atoms with Crippen molar-refractivity contribution in [2.45, 2.75) is 25.7 Å². The molecule has 25 heavy (non-hydrogen) atoms. The fraction of sp³-hybridized carbons (Fsp3) is 0.368. The van der Waals surface area contributed by atoms with Crippen LogP contribution in [0.3, 0.4) is 0 Å². The van der Waals surface area contributed by atoms with Crippen molar-refractivity contribution >= 4 is 17.5 Å². The molecule has 3 rings (SSSR count). The number of halogens is 3. The summed E-state index contributed by atoms with van der Waals surface area (Å²) in [7, 11) is 0. The molecule has 1 aliphatic heterocycles. The Morgan fingerprint density at radius 1 is 1.16 bits per heavy atom. The smallest absolute Gasteiger partial charge is 0.272 e. The van der Waals surface area contributed by atoms with Crippen LogP contribution in [-0.2, 0) is 0 Å². The molecular weight excluding hydrogens is 346 g/mol. The first kappa shape index (κ1) is 17.8. The maximum absolute atomic E-state index is 13.4. The molecule has 6 heteroatoms. The van der Waals surface area contributed by atoms with Gasteiger partial charge in [0.15, 0.2) is 0 Å². The Morgan fingerprint density at radius 3 is 2.48 bits per heavy atom. The van der Waals surface area contributed by atoms with E-state index in [1.807, 2.05) is 18.2 Å². The molecule has 3 nitrogen and oxygen atoms in total. The molecule has 0 radical (unpaired) electrons. The minimum atomic E-state index is -2.70. The molecule has 1 aromatic carbocycles. The lowest BCUT2D eigenvalue weighted by Crippen LogP contribution is -2.42. The number of pyridine rings is 1. The van der Waals surface area contributed by atoms with Gasteiger partial charge in [0, 0.05) is 29.6 Å². The third-order valence-electron chi connectivity index (χ3n) is 4.62. The molecule has 1 amide bonds.